The molecule has 1 aromatic carbocycles. The lowest BCUT2D eigenvalue weighted by molar-refractivity contribution is 0.501. The maximum atomic E-state index is 13.6. The molecule has 0 amide bonds. The zero-order valence-electron chi connectivity index (χ0n) is 11.4. The van der Waals surface area contributed by atoms with Crippen molar-refractivity contribution in [3.63, 3.8) is 0 Å². The van der Waals surface area contributed by atoms with Gasteiger partial charge in [0.2, 0.25) is 0 Å². The van der Waals surface area contributed by atoms with Gasteiger partial charge in [0.25, 0.3) is 0 Å². The molecule has 0 saturated carbocycles. The van der Waals surface area contributed by atoms with Crippen molar-refractivity contribution in [2.24, 2.45) is 0 Å². The highest BCUT2D eigenvalue weighted by molar-refractivity contribution is 7.98. The minimum absolute atomic E-state index is 0.146. The predicted octanol–water partition coefficient (Wildman–Crippen LogP) is 4.17. The lowest BCUT2D eigenvalue weighted by Gasteiger charge is -2.20. The maximum Gasteiger partial charge on any atom is 0.136 e. The molecule has 0 aliphatic heterocycles. The van der Waals surface area contributed by atoms with E-state index in [1.54, 1.807) is 17.4 Å². The third-order valence-electron chi connectivity index (χ3n) is 3.53. The smallest absolute Gasteiger partial charge is 0.136 e. The molecule has 1 unspecified atom stereocenters. The van der Waals surface area contributed by atoms with Gasteiger partial charge >= 0.3 is 0 Å². The fourth-order valence-corrected chi connectivity index (χ4v) is 4.70. The van der Waals surface area contributed by atoms with Gasteiger partial charge in [-0.1, -0.05) is 12.1 Å². The number of aryl methyl sites for hydroxylation is 1. The number of nitrogens with one attached hydrogen (secondary N) is 1. The number of aromatic nitrogens is 1. The highest BCUT2D eigenvalue weighted by atomic mass is 32.2. The van der Waals surface area contributed by atoms with Crippen LogP contribution in [0.15, 0.2) is 29.2 Å². The molecule has 2 nitrogen and oxygen atoms in total. The summed E-state index contributed by atoms with van der Waals surface area (Å²) in [5.41, 5.74) is 1.24. The van der Waals surface area contributed by atoms with Gasteiger partial charge < -0.3 is 5.32 Å². The summed E-state index contributed by atoms with van der Waals surface area (Å²) in [6.07, 6.45) is 3.46. The van der Waals surface area contributed by atoms with Gasteiger partial charge in [-0.15, -0.1) is 23.1 Å². The Morgan fingerprint density at radius 3 is 3.10 bits per heavy atom. The van der Waals surface area contributed by atoms with E-state index >= 15 is 0 Å². The Hall–Kier alpha value is -0.910. The van der Waals surface area contributed by atoms with Crippen LogP contribution in [0.25, 0.3) is 0 Å². The van der Waals surface area contributed by atoms with E-state index in [1.807, 2.05) is 19.2 Å². The lowest BCUT2D eigenvalue weighted by Crippen LogP contribution is -2.19. The third kappa shape index (κ3) is 2.90. The quantitative estimate of drug-likeness (QED) is 0.858. The van der Waals surface area contributed by atoms with Crippen molar-refractivity contribution in [2.75, 3.05) is 7.05 Å². The largest absolute Gasteiger partial charge is 0.312 e. The number of benzene rings is 1. The molecule has 0 spiro atoms. The van der Waals surface area contributed by atoms with Crippen LogP contribution in [0.5, 0.6) is 0 Å². The molecule has 0 bridgehead atoms. The van der Waals surface area contributed by atoms with Gasteiger partial charge in [0.05, 0.1) is 11.4 Å². The minimum atomic E-state index is -0.146. The van der Waals surface area contributed by atoms with E-state index in [2.05, 4.69) is 5.32 Å². The molecule has 0 fully saturated rings. The molecule has 1 aliphatic carbocycles. The van der Waals surface area contributed by atoms with Crippen molar-refractivity contribution in [1.82, 2.24) is 10.3 Å². The first-order chi connectivity index (χ1) is 9.78. The molecule has 1 aromatic heterocycles. The number of hydrogen-bond acceptors (Lipinski definition) is 4. The van der Waals surface area contributed by atoms with Crippen molar-refractivity contribution in [1.29, 1.82) is 0 Å². The highest BCUT2D eigenvalue weighted by Crippen LogP contribution is 2.36. The average Bonchev–Trinajstić information content (AvgIpc) is 2.89. The molecule has 2 aromatic rings. The summed E-state index contributed by atoms with van der Waals surface area (Å²) < 4.78 is 13.6. The molecule has 1 aliphatic rings. The first kappa shape index (κ1) is 14.0. The molecule has 106 valence electrons. The van der Waals surface area contributed by atoms with Crippen molar-refractivity contribution in [2.45, 2.75) is 36.0 Å². The van der Waals surface area contributed by atoms with Crippen LogP contribution in [0.4, 0.5) is 4.39 Å². The van der Waals surface area contributed by atoms with Crippen molar-refractivity contribution >= 4 is 23.1 Å². The SMILES string of the molecule is CNC1CCCc2nc(CSc3ccccc3F)sc21. The maximum absolute atomic E-state index is 13.6. The number of fused-ring (bicyclic) bond motifs is 1. The van der Waals surface area contributed by atoms with Crippen LogP contribution in [0.2, 0.25) is 0 Å². The van der Waals surface area contributed by atoms with Gasteiger partial charge in [0, 0.05) is 15.8 Å². The van der Waals surface area contributed by atoms with E-state index in [4.69, 9.17) is 4.98 Å². The molecule has 0 radical (unpaired) electrons. The highest BCUT2D eigenvalue weighted by Gasteiger charge is 2.23. The summed E-state index contributed by atoms with van der Waals surface area (Å²) in [5, 5.41) is 4.46. The molecule has 3 rings (SSSR count). The fraction of sp³-hybridized carbons (Fsp3) is 0.400. The van der Waals surface area contributed by atoms with Gasteiger partial charge in [0.15, 0.2) is 0 Å². The first-order valence-corrected chi connectivity index (χ1v) is 8.61. The zero-order valence-corrected chi connectivity index (χ0v) is 13.0. The van der Waals surface area contributed by atoms with Gasteiger partial charge in [-0.2, -0.15) is 0 Å². The van der Waals surface area contributed by atoms with Crippen LogP contribution in [0, 0.1) is 5.82 Å². The Kier molecular flexibility index (Phi) is 4.38. The second-order valence-electron chi connectivity index (χ2n) is 4.87. The molecule has 1 N–H and O–H groups in total. The van der Waals surface area contributed by atoms with Gasteiger partial charge in [-0.05, 0) is 38.4 Å². The normalized spacial score (nSPS) is 18.0. The predicted molar refractivity (Wildman–Crippen MR) is 82.8 cm³/mol. The first-order valence-electron chi connectivity index (χ1n) is 6.81. The van der Waals surface area contributed by atoms with Crippen LogP contribution in [0.1, 0.15) is 34.5 Å². The van der Waals surface area contributed by atoms with E-state index in [0.29, 0.717) is 10.9 Å². The monoisotopic (exact) mass is 308 g/mol. The summed E-state index contributed by atoms with van der Waals surface area (Å²) in [7, 11) is 2.01. The Labute approximate surface area is 126 Å². The number of rotatable bonds is 4. The van der Waals surface area contributed by atoms with E-state index in [0.717, 1.165) is 17.2 Å². The summed E-state index contributed by atoms with van der Waals surface area (Å²) in [6.45, 7) is 0. The number of thiazole rings is 1. The second-order valence-corrected chi connectivity index (χ2v) is 7.00. The molecule has 1 atom stereocenters. The van der Waals surface area contributed by atoms with Crippen molar-refractivity contribution in [3.8, 4) is 0 Å². The van der Waals surface area contributed by atoms with Crippen LogP contribution < -0.4 is 5.32 Å². The molecular weight excluding hydrogens is 291 g/mol. The number of hydrogen-bond donors (Lipinski definition) is 1. The second kappa shape index (κ2) is 6.24. The standard InChI is InChI=1S/C15H17FN2S2/c1-17-11-6-4-7-12-15(11)20-14(18-12)9-19-13-8-3-2-5-10(13)16/h2-3,5,8,11,17H,4,6-7,9H2,1H3. The van der Waals surface area contributed by atoms with Crippen LogP contribution in [-0.4, -0.2) is 12.0 Å². The van der Waals surface area contributed by atoms with Crippen LogP contribution in [0.3, 0.4) is 0 Å². The number of halogens is 1. The Morgan fingerprint density at radius 1 is 1.45 bits per heavy atom. The van der Waals surface area contributed by atoms with Crippen LogP contribution in [-0.2, 0) is 12.2 Å². The minimum Gasteiger partial charge on any atom is -0.312 e. The Morgan fingerprint density at radius 2 is 2.30 bits per heavy atom. The summed E-state index contributed by atoms with van der Waals surface area (Å²) in [4.78, 5) is 6.81. The third-order valence-corrected chi connectivity index (χ3v) is 5.98. The fourth-order valence-electron chi connectivity index (χ4n) is 2.51. The molecule has 1 heterocycles. The van der Waals surface area contributed by atoms with Gasteiger partial charge in [-0.25, -0.2) is 9.37 Å². The molecule has 20 heavy (non-hydrogen) atoms. The Bertz CT molecular complexity index is 597. The van der Waals surface area contributed by atoms with Gasteiger partial charge in [0.1, 0.15) is 10.8 Å². The van der Waals surface area contributed by atoms with E-state index in [-0.39, 0.29) is 5.82 Å². The topological polar surface area (TPSA) is 24.9 Å². The van der Waals surface area contributed by atoms with E-state index in [1.165, 1.54) is 41.2 Å². The number of thioether (sulfide) groups is 1. The lowest BCUT2D eigenvalue weighted by atomic mass is 9.98. The summed E-state index contributed by atoms with van der Waals surface area (Å²) in [6, 6.07) is 7.37. The van der Waals surface area contributed by atoms with Crippen molar-refractivity contribution in [3.05, 3.63) is 45.7 Å². The van der Waals surface area contributed by atoms with Crippen LogP contribution >= 0.6 is 23.1 Å². The Balaban J connectivity index is 1.73. The molecular formula is C15H17FN2S2. The molecule has 5 heteroatoms. The van der Waals surface area contributed by atoms with Gasteiger partial charge in [-0.3, -0.25) is 0 Å². The van der Waals surface area contributed by atoms with E-state index in [9.17, 15) is 4.39 Å². The average molecular weight is 308 g/mol. The summed E-state index contributed by atoms with van der Waals surface area (Å²) in [5.74, 6) is 0.599. The van der Waals surface area contributed by atoms with E-state index < -0.39 is 0 Å². The number of nitrogens with zero attached hydrogens (tertiary/aromatic N) is 1. The van der Waals surface area contributed by atoms with Crippen molar-refractivity contribution < 1.29 is 4.39 Å². The summed E-state index contributed by atoms with van der Waals surface area (Å²) >= 11 is 3.30. The molecule has 0 saturated heterocycles. The zero-order chi connectivity index (χ0) is 13.9.